The average Bonchev–Trinajstić information content (AvgIpc) is 3.13. The molecule has 1 aliphatic carbocycles. The third-order valence-corrected chi connectivity index (χ3v) is 3.56. The first-order valence-corrected chi connectivity index (χ1v) is 7.20. The molecule has 1 heterocycles. The molecule has 4 heteroatoms. The summed E-state index contributed by atoms with van der Waals surface area (Å²) >= 11 is 0. The van der Waals surface area contributed by atoms with Gasteiger partial charge in [0, 0.05) is 30.6 Å². The summed E-state index contributed by atoms with van der Waals surface area (Å²) in [6.45, 7) is 11.6. The molecule has 1 aliphatic rings. The van der Waals surface area contributed by atoms with Gasteiger partial charge in [0.05, 0.1) is 0 Å². The highest BCUT2D eigenvalue weighted by molar-refractivity contribution is 5.59. The van der Waals surface area contributed by atoms with E-state index in [0.717, 1.165) is 29.6 Å². The van der Waals surface area contributed by atoms with Gasteiger partial charge >= 0.3 is 0 Å². The first-order valence-electron chi connectivity index (χ1n) is 7.20. The second-order valence-electron chi connectivity index (χ2n) is 6.47. The Bertz CT molecular complexity index is 458. The summed E-state index contributed by atoms with van der Waals surface area (Å²) < 4.78 is 0. The summed E-state index contributed by atoms with van der Waals surface area (Å²) in [7, 11) is 2.15. The first-order chi connectivity index (χ1) is 8.84. The molecule has 19 heavy (non-hydrogen) atoms. The van der Waals surface area contributed by atoms with E-state index in [9.17, 15) is 0 Å². The zero-order chi connectivity index (χ0) is 14.2. The molecule has 0 unspecified atom stereocenters. The van der Waals surface area contributed by atoms with Crippen molar-refractivity contribution in [3.05, 3.63) is 11.4 Å². The van der Waals surface area contributed by atoms with Crippen LogP contribution in [0.1, 0.15) is 51.9 Å². The third kappa shape index (κ3) is 2.99. The SMILES string of the molecule is CCNc1nc(C(C)(C)C)nc(N(C)C2CC2)c1C. The number of hydrogen-bond donors (Lipinski definition) is 1. The Morgan fingerprint density at radius 3 is 2.37 bits per heavy atom. The van der Waals surface area contributed by atoms with Gasteiger partial charge in [-0.15, -0.1) is 0 Å². The molecule has 4 nitrogen and oxygen atoms in total. The average molecular weight is 262 g/mol. The molecule has 0 saturated heterocycles. The van der Waals surface area contributed by atoms with E-state index >= 15 is 0 Å². The van der Waals surface area contributed by atoms with Crippen molar-refractivity contribution in [3.8, 4) is 0 Å². The number of anilines is 2. The molecule has 1 fully saturated rings. The molecule has 2 rings (SSSR count). The minimum absolute atomic E-state index is 0.0307. The van der Waals surface area contributed by atoms with Crippen molar-refractivity contribution in [3.63, 3.8) is 0 Å². The lowest BCUT2D eigenvalue weighted by atomic mass is 9.95. The highest BCUT2D eigenvalue weighted by atomic mass is 15.2. The summed E-state index contributed by atoms with van der Waals surface area (Å²) in [5.74, 6) is 2.97. The van der Waals surface area contributed by atoms with E-state index in [-0.39, 0.29) is 5.41 Å². The van der Waals surface area contributed by atoms with Gasteiger partial charge in [0.1, 0.15) is 17.5 Å². The smallest absolute Gasteiger partial charge is 0.138 e. The van der Waals surface area contributed by atoms with Crippen LogP contribution in [-0.4, -0.2) is 29.6 Å². The highest BCUT2D eigenvalue weighted by Gasteiger charge is 2.30. The zero-order valence-corrected chi connectivity index (χ0v) is 13.0. The molecule has 0 bridgehead atoms. The Morgan fingerprint density at radius 1 is 1.26 bits per heavy atom. The van der Waals surface area contributed by atoms with E-state index in [1.165, 1.54) is 12.8 Å². The van der Waals surface area contributed by atoms with Crippen LogP contribution in [0.2, 0.25) is 0 Å². The number of rotatable bonds is 4. The van der Waals surface area contributed by atoms with Gasteiger partial charge in [-0.05, 0) is 26.7 Å². The molecule has 106 valence electrons. The van der Waals surface area contributed by atoms with Crippen molar-refractivity contribution in [2.75, 3.05) is 23.8 Å². The summed E-state index contributed by atoms with van der Waals surface area (Å²) in [4.78, 5) is 11.8. The van der Waals surface area contributed by atoms with Crippen LogP contribution in [0.5, 0.6) is 0 Å². The first kappa shape index (κ1) is 14.1. The predicted octanol–water partition coefficient (Wildman–Crippen LogP) is 3.11. The van der Waals surface area contributed by atoms with Gasteiger partial charge in [0.25, 0.3) is 0 Å². The molecule has 1 saturated carbocycles. The van der Waals surface area contributed by atoms with Crippen LogP contribution >= 0.6 is 0 Å². The van der Waals surface area contributed by atoms with E-state index < -0.39 is 0 Å². The van der Waals surface area contributed by atoms with Crippen LogP contribution in [0.25, 0.3) is 0 Å². The zero-order valence-electron chi connectivity index (χ0n) is 13.0. The maximum atomic E-state index is 4.82. The summed E-state index contributed by atoms with van der Waals surface area (Å²) in [5.41, 5.74) is 1.13. The monoisotopic (exact) mass is 262 g/mol. The fourth-order valence-electron chi connectivity index (χ4n) is 2.16. The molecule has 1 N–H and O–H groups in total. The van der Waals surface area contributed by atoms with E-state index in [2.05, 4.69) is 51.9 Å². The predicted molar refractivity (Wildman–Crippen MR) is 81.1 cm³/mol. The molecular formula is C15H26N4. The lowest BCUT2D eigenvalue weighted by molar-refractivity contribution is 0.544. The molecule has 0 spiro atoms. The minimum atomic E-state index is -0.0307. The Labute approximate surface area is 116 Å². The molecule has 1 aromatic rings. The van der Waals surface area contributed by atoms with Crippen molar-refractivity contribution in [1.82, 2.24) is 9.97 Å². The van der Waals surface area contributed by atoms with E-state index in [1.807, 2.05) is 0 Å². The lowest BCUT2D eigenvalue weighted by Crippen LogP contribution is -2.26. The minimum Gasteiger partial charge on any atom is -0.370 e. The fraction of sp³-hybridized carbons (Fsp3) is 0.733. The number of aromatic nitrogens is 2. The topological polar surface area (TPSA) is 41.1 Å². The molecule has 0 radical (unpaired) electrons. The van der Waals surface area contributed by atoms with Crippen molar-refractivity contribution >= 4 is 11.6 Å². The molecule has 0 atom stereocenters. The van der Waals surface area contributed by atoms with Gasteiger partial charge in [-0.25, -0.2) is 9.97 Å². The van der Waals surface area contributed by atoms with Crippen LogP contribution in [0.3, 0.4) is 0 Å². The van der Waals surface area contributed by atoms with Crippen LogP contribution in [0, 0.1) is 6.92 Å². The third-order valence-electron chi connectivity index (χ3n) is 3.56. The molecule has 0 aromatic carbocycles. The van der Waals surface area contributed by atoms with Crippen LogP contribution in [0.15, 0.2) is 0 Å². The second kappa shape index (κ2) is 4.99. The normalized spacial score (nSPS) is 15.5. The van der Waals surface area contributed by atoms with Gasteiger partial charge in [-0.1, -0.05) is 20.8 Å². The van der Waals surface area contributed by atoms with Crippen LogP contribution in [0.4, 0.5) is 11.6 Å². The standard InChI is InChI=1S/C15H26N4/c1-7-16-12-10(2)13(19(6)11-8-9-11)18-14(17-12)15(3,4)5/h11H,7-9H2,1-6H3,(H,16,17,18). The summed E-state index contributed by atoms with van der Waals surface area (Å²) in [6, 6.07) is 0.663. The molecule has 0 aliphatic heterocycles. The van der Waals surface area contributed by atoms with Crippen LogP contribution < -0.4 is 10.2 Å². The summed E-state index contributed by atoms with van der Waals surface area (Å²) in [6.07, 6.45) is 2.56. The van der Waals surface area contributed by atoms with Crippen molar-refractivity contribution < 1.29 is 0 Å². The Morgan fingerprint density at radius 2 is 1.89 bits per heavy atom. The van der Waals surface area contributed by atoms with Gasteiger partial charge in [0.15, 0.2) is 0 Å². The maximum Gasteiger partial charge on any atom is 0.138 e. The molecular weight excluding hydrogens is 236 g/mol. The lowest BCUT2D eigenvalue weighted by Gasteiger charge is -2.25. The van der Waals surface area contributed by atoms with E-state index in [1.54, 1.807) is 0 Å². The van der Waals surface area contributed by atoms with Gasteiger partial charge in [0.2, 0.25) is 0 Å². The fourth-order valence-corrected chi connectivity index (χ4v) is 2.16. The Kier molecular flexibility index (Phi) is 3.70. The number of nitrogens with one attached hydrogen (secondary N) is 1. The quantitative estimate of drug-likeness (QED) is 0.905. The van der Waals surface area contributed by atoms with Gasteiger partial charge in [-0.2, -0.15) is 0 Å². The molecule has 1 aromatic heterocycles. The Balaban J connectivity index is 2.47. The van der Waals surface area contributed by atoms with Crippen molar-refractivity contribution in [2.24, 2.45) is 0 Å². The second-order valence-corrected chi connectivity index (χ2v) is 6.47. The van der Waals surface area contributed by atoms with Gasteiger partial charge < -0.3 is 10.2 Å². The highest BCUT2D eigenvalue weighted by Crippen LogP contribution is 2.34. The van der Waals surface area contributed by atoms with Crippen molar-refractivity contribution in [2.45, 2.75) is 58.9 Å². The maximum absolute atomic E-state index is 4.82. The summed E-state index contributed by atoms with van der Waals surface area (Å²) in [5, 5.41) is 3.37. The van der Waals surface area contributed by atoms with Crippen LogP contribution in [-0.2, 0) is 5.41 Å². The van der Waals surface area contributed by atoms with E-state index in [0.29, 0.717) is 6.04 Å². The number of hydrogen-bond acceptors (Lipinski definition) is 4. The van der Waals surface area contributed by atoms with Crippen molar-refractivity contribution in [1.29, 1.82) is 0 Å². The van der Waals surface area contributed by atoms with E-state index in [4.69, 9.17) is 9.97 Å². The Hall–Kier alpha value is -1.32. The largest absolute Gasteiger partial charge is 0.370 e. The molecule has 0 amide bonds. The van der Waals surface area contributed by atoms with Gasteiger partial charge in [-0.3, -0.25) is 0 Å². The number of nitrogens with zero attached hydrogens (tertiary/aromatic N) is 3.